The zero-order valence-electron chi connectivity index (χ0n) is 9.66. The first-order valence-corrected chi connectivity index (χ1v) is 5.78. The summed E-state index contributed by atoms with van der Waals surface area (Å²) in [4.78, 5) is 2.44. The van der Waals surface area contributed by atoms with Crippen molar-refractivity contribution in [2.75, 3.05) is 25.0 Å². The van der Waals surface area contributed by atoms with Gasteiger partial charge in [0, 0.05) is 18.8 Å². The highest BCUT2D eigenvalue weighted by atomic mass is 15.1. The van der Waals surface area contributed by atoms with Gasteiger partial charge in [0.25, 0.3) is 0 Å². The highest BCUT2D eigenvalue weighted by Gasteiger charge is 2.18. The van der Waals surface area contributed by atoms with Crippen LogP contribution in [0.4, 0.5) is 5.69 Å². The third-order valence-electron chi connectivity index (χ3n) is 3.35. The van der Waals surface area contributed by atoms with Gasteiger partial charge in [0.05, 0.1) is 0 Å². The number of hydrogen-bond donors (Lipinski definition) is 1. The van der Waals surface area contributed by atoms with Crippen LogP contribution in [0, 0.1) is 6.92 Å². The fourth-order valence-corrected chi connectivity index (χ4v) is 2.35. The molecule has 2 rings (SSSR count). The number of piperidine rings is 1. The molecule has 1 heterocycles. The third kappa shape index (κ3) is 2.32. The van der Waals surface area contributed by atoms with Gasteiger partial charge in [0.1, 0.15) is 0 Å². The molecule has 15 heavy (non-hydrogen) atoms. The van der Waals surface area contributed by atoms with E-state index in [1.807, 2.05) is 0 Å². The minimum atomic E-state index is 0.701. The van der Waals surface area contributed by atoms with E-state index < -0.39 is 0 Å². The highest BCUT2D eigenvalue weighted by Crippen LogP contribution is 2.23. The van der Waals surface area contributed by atoms with Crippen molar-refractivity contribution in [3.63, 3.8) is 0 Å². The van der Waals surface area contributed by atoms with Crippen LogP contribution in [0.25, 0.3) is 0 Å². The minimum absolute atomic E-state index is 0.701. The molecule has 1 N–H and O–H groups in total. The molecule has 0 saturated carbocycles. The summed E-state index contributed by atoms with van der Waals surface area (Å²) in [7, 11) is 2.22. The number of rotatable bonds is 2. The molecule has 1 aliphatic rings. The van der Waals surface area contributed by atoms with Crippen LogP contribution in [0.5, 0.6) is 0 Å². The maximum Gasteiger partial charge on any atom is 0.0395 e. The molecule has 0 unspecified atom stereocenters. The quantitative estimate of drug-likeness (QED) is 0.794. The van der Waals surface area contributed by atoms with Crippen molar-refractivity contribution in [1.29, 1.82) is 0 Å². The van der Waals surface area contributed by atoms with E-state index >= 15 is 0 Å². The summed E-state index contributed by atoms with van der Waals surface area (Å²) in [6.07, 6.45) is 2.51. The van der Waals surface area contributed by atoms with Crippen molar-refractivity contribution in [3.8, 4) is 0 Å². The van der Waals surface area contributed by atoms with Crippen molar-refractivity contribution in [2.24, 2.45) is 0 Å². The number of anilines is 1. The van der Waals surface area contributed by atoms with Crippen LogP contribution in [-0.2, 0) is 0 Å². The van der Waals surface area contributed by atoms with Gasteiger partial charge in [-0.05, 0) is 44.5 Å². The number of benzene rings is 1. The van der Waals surface area contributed by atoms with Gasteiger partial charge in [0.15, 0.2) is 0 Å². The molecule has 0 spiro atoms. The molecule has 0 aliphatic carbocycles. The Kier molecular flexibility index (Phi) is 3.27. The van der Waals surface area contributed by atoms with Gasteiger partial charge in [-0.3, -0.25) is 0 Å². The van der Waals surface area contributed by atoms with Gasteiger partial charge >= 0.3 is 0 Å². The number of nitrogens with one attached hydrogen (secondary N) is 1. The van der Waals surface area contributed by atoms with E-state index in [0.29, 0.717) is 6.04 Å². The standard InChI is InChI=1S/C13H20N2/c1-11-5-3-4-6-13(11)15(2)12-7-9-14-10-8-12/h3-6,12,14H,7-10H2,1-2H3. The van der Waals surface area contributed by atoms with Crippen LogP contribution in [0.2, 0.25) is 0 Å². The predicted octanol–water partition coefficient (Wildman–Crippen LogP) is 2.18. The second-order valence-electron chi connectivity index (χ2n) is 4.38. The largest absolute Gasteiger partial charge is 0.371 e. The first kappa shape index (κ1) is 10.5. The summed E-state index contributed by atoms with van der Waals surface area (Å²) in [5, 5.41) is 3.41. The summed E-state index contributed by atoms with van der Waals surface area (Å²) in [5.74, 6) is 0. The molecule has 1 fully saturated rings. The molecular weight excluding hydrogens is 184 g/mol. The second-order valence-corrected chi connectivity index (χ2v) is 4.38. The molecular formula is C13H20N2. The highest BCUT2D eigenvalue weighted by molar-refractivity contribution is 5.53. The maximum atomic E-state index is 3.41. The average Bonchev–Trinajstić information content (AvgIpc) is 2.30. The van der Waals surface area contributed by atoms with Crippen LogP contribution < -0.4 is 10.2 Å². The van der Waals surface area contributed by atoms with Gasteiger partial charge in [-0.1, -0.05) is 18.2 Å². The van der Waals surface area contributed by atoms with E-state index in [1.54, 1.807) is 0 Å². The molecule has 0 atom stereocenters. The molecule has 1 aromatic rings. The van der Waals surface area contributed by atoms with Crippen LogP contribution in [0.3, 0.4) is 0 Å². The maximum absolute atomic E-state index is 3.41. The Morgan fingerprint density at radius 1 is 1.20 bits per heavy atom. The van der Waals surface area contributed by atoms with Gasteiger partial charge in [0.2, 0.25) is 0 Å². The van der Waals surface area contributed by atoms with Crippen molar-refractivity contribution < 1.29 is 0 Å². The zero-order valence-corrected chi connectivity index (χ0v) is 9.66. The summed E-state index contributed by atoms with van der Waals surface area (Å²) in [5.41, 5.74) is 2.75. The van der Waals surface area contributed by atoms with E-state index in [2.05, 4.69) is 48.5 Å². The van der Waals surface area contributed by atoms with Gasteiger partial charge in [-0.25, -0.2) is 0 Å². The van der Waals surface area contributed by atoms with Crippen LogP contribution >= 0.6 is 0 Å². The third-order valence-corrected chi connectivity index (χ3v) is 3.35. The Labute approximate surface area is 92.3 Å². The summed E-state index contributed by atoms with van der Waals surface area (Å²) in [6, 6.07) is 9.34. The van der Waals surface area contributed by atoms with Gasteiger partial charge in [-0.2, -0.15) is 0 Å². The lowest BCUT2D eigenvalue weighted by Crippen LogP contribution is -2.41. The van der Waals surface area contributed by atoms with Crippen molar-refractivity contribution in [1.82, 2.24) is 5.32 Å². The smallest absolute Gasteiger partial charge is 0.0395 e. The Bertz CT molecular complexity index is 316. The average molecular weight is 204 g/mol. The number of aryl methyl sites for hydroxylation is 1. The molecule has 1 aromatic carbocycles. The Balaban J connectivity index is 2.12. The summed E-state index contributed by atoms with van der Waals surface area (Å²) in [6.45, 7) is 4.49. The lowest BCUT2D eigenvalue weighted by Gasteiger charge is -2.34. The van der Waals surface area contributed by atoms with E-state index in [9.17, 15) is 0 Å². The number of para-hydroxylation sites is 1. The molecule has 2 nitrogen and oxygen atoms in total. The SMILES string of the molecule is Cc1ccccc1N(C)C1CCNCC1. The molecule has 1 saturated heterocycles. The lowest BCUT2D eigenvalue weighted by molar-refractivity contribution is 0.443. The van der Waals surface area contributed by atoms with E-state index in [4.69, 9.17) is 0 Å². The van der Waals surface area contributed by atoms with Crippen LogP contribution in [0.15, 0.2) is 24.3 Å². The molecule has 0 amide bonds. The minimum Gasteiger partial charge on any atom is -0.371 e. The van der Waals surface area contributed by atoms with Crippen molar-refractivity contribution in [3.05, 3.63) is 29.8 Å². The fraction of sp³-hybridized carbons (Fsp3) is 0.538. The van der Waals surface area contributed by atoms with Crippen LogP contribution in [0.1, 0.15) is 18.4 Å². The number of hydrogen-bond acceptors (Lipinski definition) is 2. The lowest BCUT2D eigenvalue weighted by atomic mass is 10.0. The second kappa shape index (κ2) is 4.67. The summed E-state index contributed by atoms with van der Waals surface area (Å²) < 4.78 is 0. The van der Waals surface area contributed by atoms with Gasteiger partial charge in [-0.15, -0.1) is 0 Å². The number of nitrogens with zero attached hydrogens (tertiary/aromatic N) is 1. The van der Waals surface area contributed by atoms with Gasteiger partial charge < -0.3 is 10.2 Å². The molecule has 0 aromatic heterocycles. The zero-order chi connectivity index (χ0) is 10.7. The first-order valence-electron chi connectivity index (χ1n) is 5.78. The van der Waals surface area contributed by atoms with E-state index in [0.717, 1.165) is 13.1 Å². The molecule has 2 heteroatoms. The van der Waals surface area contributed by atoms with E-state index in [-0.39, 0.29) is 0 Å². The predicted molar refractivity (Wildman–Crippen MR) is 65.5 cm³/mol. The first-order chi connectivity index (χ1) is 7.29. The Hall–Kier alpha value is -1.02. The molecule has 0 bridgehead atoms. The van der Waals surface area contributed by atoms with Crippen molar-refractivity contribution >= 4 is 5.69 Å². The van der Waals surface area contributed by atoms with E-state index in [1.165, 1.54) is 24.1 Å². The van der Waals surface area contributed by atoms with Crippen molar-refractivity contribution in [2.45, 2.75) is 25.8 Å². The topological polar surface area (TPSA) is 15.3 Å². The summed E-state index contributed by atoms with van der Waals surface area (Å²) >= 11 is 0. The molecule has 1 aliphatic heterocycles. The monoisotopic (exact) mass is 204 g/mol. The molecule has 0 radical (unpaired) electrons. The fourth-order valence-electron chi connectivity index (χ4n) is 2.35. The normalized spacial score (nSPS) is 17.7. The Morgan fingerprint density at radius 3 is 2.53 bits per heavy atom. The Morgan fingerprint density at radius 2 is 1.87 bits per heavy atom. The van der Waals surface area contributed by atoms with Crippen LogP contribution in [-0.4, -0.2) is 26.2 Å². The molecule has 82 valence electrons.